The Bertz CT molecular complexity index is 1050. The molecule has 1 saturated heterocycles. The Hall–Kier alpha value is -3.06. The van der Waals surface area contributed by atoms with Crippen molar-refractivity contribution in [1.29, 1.82) is 0 Å². The zero-order chi connectivity index (χ0) is 24.7. The summed E-state index contributed by atoms with van der Waals surface area (Å²) in [4.78, 5) is 20.3. The summed E-state index contributed by atoms with van der Waals surface area (Å²) >= 11 is 0. The molecule has 36 heavy (non-hydrogen) atoms. The van der Waals surface area contributed by atoms with Gasteiger partial charge in [0.25, 0.3) is 5.91 Å². The number of rotatable bonds is 10. The molecular formula is C30H37N5O. The van der Waals surface area contributed by atoms with E-state index in [9.17, 15) is 4.79 Å². The highest BCUT2D eigenvalue weighted by molar-refractivity contribution is 5.94. The van der Waals surface area contributed by atoms with Crippen LogP contribution in [0.25, 0.3) is 0 Å². The first-order valence-corrected chi connectivity index (χ1v) is 13.2. The van der Waals surface area contributed by atoms with Crippen LogP contribution in [0.5, 0.6) is 0 Å². The van der Waals surface area contributed by atoms with Crippen LogP contribution in [-0.2, 0) is 0 Å². The van der Waals surface area contributed by atoms with Crippen molar-refractivity contribution in [3.63, 3.8) is 0 Å². The minimum absolute atomic E-state index is 0.0725. The monoisotopic (exact) mass is 483 g/mol. The Morgan fingerprint density at radius 2 is 1.58 bits per heavy atom. The smallest absolute Gasteiger partial charge is 0.253 e. The van der Waals surface area contributed by atoms with E-state index in [1.807, 2.05) is 48.7 Å². The van der Waals surface area contributed by atoms with Gasteiger partial charge in [-0.05, 0) is 73.4 Å². The topological polar surface area (TPSA) is 93.2 Å². The summed E-state index contributed by atoms with van der Waals surface area (Å²) in [5, 5.41) is 6.72. The van der Waals surface area contributed by atoms with Crippen LogP contribution in [0.4, 0.5) is 0 Å². The van der Waals surface area contributed by atoms with Crippen molar-refractivity contribution in [2.24, 2.45) is 17.6 Å². The molecule has 2 heterocycles. The molecule has 0 radical (unpaired) electrons. The van der Waals surface area contributed by atoms with E-state index in [-0.39, 0.29) is 24.2 Å². The maximum atomic E-state index is 13.8. The van der Waals surface area contributed by atoms with Gasteiger partial charge in [0.1, 0.15) is 0 Å². The number of carbonyl (C=O) groups is 1. The van der Waals surface area contributed by atoms with E-state index in [0.717, 1.165) is 37.1 Å². The molecule has 188 valence electrons. The highest BCUT2D eigenvalue weighted by atomic mass is 16.2. The van der Waals surface area contributed by atoms with E-state index in [1.165, 1.54) is 18.4 Å². The van der Waals surface area contributed by atoms with Gasteiger partial charge in [-0.3, -0.25) is 20.4 Å². The van der Waals surface area contributed by atoms with Crippen LogP contribution in [0, 0.1) is 11.8 Å². The normalized spacial score (nSPS) is 24.1. The van der Waals surface area contributed by atoms with Gasteiger partial charge in [-0.25, -0.2) is 0 Å². The summed E-state index contributed by atoms with van der Waals surface area (Å²) in [5.74, 6) is 1.38. The summed E-state index contributed by atoms with van der Waals surface area (Å²) in [6.07, 6.45) is 8.81. The minimum Gasteiger partial charge on any atom is -0.337 e. The number of carbonyl (C=O) groups excluding carboxylic acids is 1. The predicted octanol–water partition coefficient (Wildman–Crippen LogP) is 3.97. The number of nitrogens with one attached hydrogen (secondary N) is 2. The van der Waals surface area contributed by atoms with E-state index >= 15 is 0 Å². The van der Waals surface area contributed by atoms with Gasteiger partial charge in [0.15, 0.2) is 0 Å². The van der Waals surface area contributed by atoms with Crippen LogP contribution < -0.4 is 16.4 Å². The summed E-state index contributed by atoms with van der Waals surface area (Å²) in [6, 6.07) is 24.3. The molecule has 1 aliphatic heterocycles. The van der Waals surface area contributed by atoms with Gasteiger partial charge in [0.05, 0.1) is 12.3 Å². The lowest BCUT2D eigenvalue weighted by Crippen LogP contribution is -2.40. The molecule has 2 aliphatic rings. The Balaban J connectivity index is 1.31. The van der Waals surface area contributed by atoms with Crippen molar-refractivity contribution in [2.45, 2.75) is 43.9 Å². The second kappa shape index (κ2) is 11.8. The molecule has 3 atom stereocenters. The number of benzene rings is 2. The molecule has 2 aromatic carbocycles. The van der Waals surface area contributed by atoms with E-state index in [4.69, 9.17) is 5.73 Å². The molecule has 1 aliphatic carbocycles. The summed E-state index contributed by atoms with van der Waals surface area (Å²) in [7, 11) is 0. The molecule has 3 aromatic rings. The lowest BCUT2D eigenvalue weighted by Gasteiger charge is -2.35. The van der Waals surface area contributed by atoms with Gasteiger partial charge in [-0.2, -0.15) is 0 Å². The quantitative estimate of drug-likeness (QED) is 0.380. The summed E-state index contributed by atoms with van der Waals surface area (Å²) < 4.78 is 0. The number of aromatic nitrogens is 1. The lowest BCUT2D eigenvalue weighted by molar-refractivity contribution is 0.0699. The SMILES string of the molecule is NC1NC1NCC1CCC(CN(CC(c2ccccc2)c2cccnc2)C(=O)c2ccccc2)CC1. The van der Waals surface area contributed by atoms with Crippen LogP contribution in [0.3, 0.4) is 0 Å². The Morgan fingerprint density at radius 3 is 2.22 bits per heavy atom. The fourth-order valence-electron chi connectivity index (χ4n) is 5.46. The van der Waals surface area contributed by atoms with E-state index in [0.29, 0.717) is 18.4 Å². The third-order valence-corrected chi connectivity index (χ3v) is 7.69. The summed E-state index contributed by atoms with van der Waals surface area (Å²) in [5.41, 5.74) is 8.94. The first-order valence-electron chi connectivity index (χ1n) is 13.2. The molecule has 5 rings (SSSR count). The average molecular weight is 484 g/mol. The molecule has 1 saturated carbocycles. The van der Waals surface area contributed by atoms with Crippen LogP contribution in [-0.4, -0.2) is 47.8 Å². The van der Waals surface area contributed by atoms with Gasteiger partial charge in [0, 0.05) is 37.0 Å². The Kier molecular flexibility index (Phi) is 8.06. The predicted molar refractivity (Wildman–Crippen MR) is 143 cm³/mol. The van der Waals surface area contributed by atoms with Gasteiger partial charge in [-0.1, -0.05) is 54.6 Å². The van der Waals surface area contributed by atoms with Crippen molar-refractivity contribution in [3.05, 3.63) is 102 Å². The lowest BCUT2D eigenvalue weighted by atomic mass is 9.81. The van der Waals surface area contributed by atoms with E-state index in [1.54, 1.807) is 6.20 Å². The van der Waals surface area contributed by atoms with Crippen LogP contribution >= 0.6 is 0 Å². The fraction of sp³-hybridized carbons (Fsp3) is 0.400. The van der Waals surface area contributed by atoms with Crippen LogP contribution in [0.15, 0.2) is 85.2 Å². The van der Waals surface area contributed by atoms with E-state index in [2.05, 4.69) is 50.8 Å². The van der Waals surface area contributed by atoms with Gasteiger partial charge < -0.3 is 10.6 Å². The molecule has 4 N–H and O–H groups in total. The van der Waals surface area contributed by atoms with Gasteiger partial charge in [0.2, 0.25) is 0 Å². The number of nitrogens with two attached hydrogens (primary N) is 1. The standard InChI is InChI=1S/C30H37N5O/c31-28-29(34-28)33-18-22-13-15-23(16-14-22)20-35(30(36)25-10-5-2-6-11-25)21-27(24-8-3-1-4-9-24)26-12-7-17-32-19-26/h1-12,17,19,22-23,27-29,33-34H,13-16,18,20-21,31H2. The van der Waals surface area contributed by atoms with Gasteiger partial charge in [-0.15, -0.1) is 0 Å². The first-order chi connectivity index (χ1) is 17.7. The second-order valence-electron chi connectivity index (χ2n) is 10.3. The largest absolute Gasteiger partial charge is 0.337 e. The van der Waals surface area contributed by atoms with Crippen LogP contribution in [0.2, 0.25) is 0 Å². The average Bonchev–Trinajstić information content (AvgIpc) is 3.66. The van der Waals surface area contributed by atoms with Crippen LogP contribution in [0.1, 0.15) is 53.1 Å². The fourth-order valence-corrected chi connectivity index (χ4v) is 5.46. The first kappa shape index (κ1) is 24.6. The van der Waals surface area contributed by atoms with Crippen molar-refractivity contribution in [3.8, 4) is 0 Å². The third kappa shape index (κ3) is 6.38. The molecule has 3 unspecified atom stereocenters. The maximum absolute atomic E-state index is 13.8. The van der Waals surface area contributed by atoms with Crippen molar-refractivity contribution < 1.29 is 4.79 Å². The second-order valence-corrected chi connectivity index (χ2v) is 10.3. The molecule has 1 aromatic heterocycles. The molecule has 0 bridgehead atoms. The molecule has 1 amide bonds. The number of amides is 1. The van der Waals surface area contributed by atoms with Gasteiger partial charge >= 0.3 is 0 Å². The maximum Gasteiger partial charge on any atom is 0.253 e. The highest BCUT2D eigenvalue weighted by Gasteiger charge is 2.33. The zero-order valence-electron chi connectivity index (χ0n) is 20.8. The zero-order valence-corrected chi connectivity index (χ0v) is 20.8. The number of hydrogen-bond acceptors (Lipinski definition) is 5. The molecule has 2 fully saturated rings. The minimum atomic E-state index is 0.0725. The van der Waals surface area contributed by atoms with Crippen molar-refractivity contribution in [1.82, 2.24) is 20.5 Å². The van der Waals surface area contributed by atoms with Crippen molar-refractivity contribution >= 4 is 5.91 Å². The third-order valence-electron chi connectivity index (χ3n) is 7.69. The number of hydrogen-bond donors (Lipinski definition) is 3. The Morgan fingerprint density at radius 1 is 0.944 bits per heavy atom. The molecule has 6 nitrogen and oxygen atoms in total. The molecule has 0 spiro atoms. The highest BCUT2D eigenvalue weighted by Crippen LogP contribution is 2.31. The van der Waals surface area contributed by atoms with Crippen molar-refractivity contribution in [2.75, 3.05) is 19.6 Å². The Labute approximate surface area is 214 Å². The van der Waals surface area contributed by atoms with E-state index < -0.39 is 0 Å². The number of pyridine rings is 1. The summed E-state index contributed by atoms with van der Waals surface area (Å²) in [6.45, 7) is 2.44. The number of nitrogens with zero attached hydrogens (tertiary/aromatic N) is 2. The molecular weight excluding hydrogens is 446 g/mol. The molecule has 6 heteroatoms.